The molecule has 0 aromatic rings. The van der Waals surface area contributed by atoms with Gasteiger partial charge in [-0.2, -0.15) is 0 Å². The van der Waals surface area contributed by atoms with E-state index in [1.807, 2.05) is 37.4 Å². The molecule has 1 atom stereocenters. The van der Waals surface area contributed by atoms with E-state index in [2.05, 4.69) is 18.5 Å². The second kappa shape index (κ2) is 5.93. The molecule has 0 bridgehead atoms. The van der Waals surface area contributed by atoms with Crippen LogP contribution in [0.1, 0.15) is 0 Å². The van der Waals surface area contributed by atoms with E-state index in [1.165, 1.54) is 0 Å². The van der Waals surface area contributed by atoms with Crippen LogP contribution in [0.25, 0.3) is 0 Å². The summed E-state index contributed by atoms with van der Waals surface area (Å²) in [5.41, 5.74) is 9.05. The van der Waals surface area contributed by atoms with Crippen LogP contribution in [-0.2, 0) is 0 Å². The highest BCUT2D eigenvalue weighted by molar-refractivity contribution is 5.50. The molecular formula is C14H18N2. The molecule has 16 heavy (non-hydrogen) atoms. The van der Waals surface area contributed by atoms with Gasteiger partial charge in [0.1, 0.15) is 0 Å². The van der Waals surface area contributed by atoms with Gasteiger partial charge < -0.3 is 11.1 Å². The zero-order chi connectivity index (χ0) is 12.0. The highest BCUT2D eigenvalue weighted by atomic mass is 14.8. The Morgan fingerprint density at radius 1 is 1.44 bits per heavy atom. The van der Waals surface area contributed by atoms with Crippen molar-refractivity contribution in [3.05, 3.63) is 72.5 Å². The SMILES string of the molecule is C=C/C=C(C=C)/C(NC)=C1\C=CC=CC1N. The standard InChI is InChI=1S/C14H18N2/c1-4-8-11(5-2)14(16-3)12-9-6-7-10-13(12)15/h4-10,13,16H,1-2,15H2,3H3/b11-8+,14-12-. The minimum absolute atomic E-state index is 0.0828. The van der Waals surface area contributed by atoms with Gasteiger partial charge in [-0.1, -0.05) is 55.7 Å². The number of rotatable bonds is 4. The van der Waals surface area contributed by atoms with E-state index in [0.717, 1.165) is 16.8 Å². The first-order valence-corrected chi connectivity index (χ1v) is 5.22. The second-order valence-corrected chi connectivity index (χ2v) is 3.41. The summed E-state index contributed by atoms with van der Waals surface area (Å²) in [6.07, 6.45) is 13.3. The second-order valence-electron chi connectivity index (χ2n) is 3.41. The molecule has 0 aromatic carbocycles. The van der Waals surface area contributed by atoms with Crippen molar-refractivity contribution < 1.29 is 0 Å². The Labute approximate surface area is 97.2 Å². The van der Waals surface area contributed by atoms with Crippen LogP contribution in [-0.4, -0.2) is 13.1 Å². The molecular weight excluding hydrogens is 196 g/mol. The van der Waals surface area contributed by atoms with E-state index in [4.69, 9.17) is 5.73 Å². The maximum atomic E-state index is 6.02. The molecule has 1 aliphatic rings. The van der Waals surface area contributed by atoms with Crippen LogP contribution in [0.5, 0.6) is 0 Å². The van der Waals surface area contributed by atoms with Crippen LogP contribution in [0.3, 0.4) is 0 Å². The van der Waals surface area contributed by atoms with Crippen molar-refractivity contribution in [2.24, 2.45) is 5.73 Å². The molecule has 2 nitrogen and oxygen atoms in total. The number of likely N-dealkylation sites (N-methyl/N-ethyl adjacent to an activating group) is 1. The van der Waals surface area contributed by atoms with Gasteiger partial charge in [0, 0.05) is 12.7 Å². The van der Waals surface area contributed by atoms with Gasteiger partial charge in [-0.3, -0.25) is 0 Å². The summed E-state index contributed by atoms with van der Waals surface area (Å²) in [6, 6.07) is -0.0828. The van der Waals surface area contributed by atoms with Crippen molar-refractivity contribution in [3.8, 4) is 0 Å². The summed E-state index contributed by atoms with van der Waals surface area (Å²) in [5, 5.41) is 3.17. The molecule has 3 N–H and O–H groups in total. The van der Waals surface area contributed by atoms with Crippen molar-refractivity contribution in [1.82, 2.24) is 5.32 Å². The molecule has 0 aromatic heterocycles. The molecule has 0 saturated heterocycles. The summed E-state index contributed by atoms with van der Waals surface area (Å²) in [6.45, 7) is 7.49. The molecule has 0 fully saturated rings. The predicted octanol–water partition coefficient (Wildman–Crippen LogP) is 2.21. The van der Waals surface area contributed by atoms with E-state index >= 15 is 0 Å². The van der Waals surface area contributed by atoms with E-state index in [1.54, 1.807) is 12.2 Å². The van der Waals surface area contributed by atoms with Gasteiger partial charge in [-0.05, 0) is 11.1 Å². The number of hydrogen-bond acceptors (Lipinski definition) is 2. The smallest absolute Gasteiger partial charge is 0.0505 e. The highest BCUT2D eigenvalue weighted by Gasteiger charge is 2.12. The van der Waals surface area contributed by atoms with Gasteiger partial charge >= 0.3 is 0 Å². The number of nitrogens with one attached hydrogen (secondary N) is 1. The Morgan fingerprint density at radius 2 is 2.19 bits per heavy atom. The molecule has 2 heteroatoms. The molecule has 1 aliphatic carbocycles. The minimum Gasteiger partial charge on any atom is -0.387 e. The molecule has 1 unspecified atom stereocenters. The van der Waals surface area contributed by atoms with Gasteiger partial charge in [0.2, 0.25) is 0 Å². The summed E-state index contributed by atoms with van der Waals surface area (Å²) < 4.78 is 0. The monoisotopic (exact) mass is 214 g/mol. The lowest BCUT2D eigenvalue weighted by Gasteiger charge is -2.18. The zero-order valence-corrected chi connectivity index (χ0v) is 9.61. The third-order valence-electron chi connectivity index (χ3n) is 2.41. The molecule has 0 amide bonds. The minimum atomic E-state index is -0.0828. The Hall–Kier alpha value is -1.80. The van der Waals surface area contributed by atoms with Crippen LogP contribution in [0, 0.1) is 0 Å². The topological polar surface area (TPSA) is 38.0 Å². The number of hydrogen-bond donors (Lipinski definition) is 2. The van der Waals surface area contributed by atoms with Gasteiger partial charge in [-0.15, -0.1) is 0 Å². The van der Waals surface area contributed by atoms with Crippen LogP contribution < -0.4 is 11.1 Å². The summed E-state index contributed by atoms with van der Waals surface area (Å²) >= 11 is 0. The van der Waals surface area contributed by atoms with Gasteiger partial charge in [-0.25, -0.2) is 0 Å². The van der Waals surface area contributed by atoms with Crippen molar-refractivity contribution in [2.45, 2.75) is 6.04 Å². The van der Waals surface area contributed by atoms with Crippen LogP contribution in [0.4, 0.5) is 0 Å². The number of allylic oxidation sites excluding steroid dienone is 5. The van der Waals surface area contributed by atoms with Gasteiger partial charge in [0.15, 0.2) is 0 Å². The molecule has 0 heterocycles. The summed E-state index contributed by atoms with van der Waals surface area (Å²) in [7, 11) is 1.88. The fourth-order valence-corrected chi connectivity index (χ4v) is 1.64. The Balaban J connectivity index is 3.22. The Bertz CT molecular complexity index is 395. The maximum absolute atomic E-state index is 6.02. The van der Waals surface area contributed by atoms with Crippen molar-refractivity contribution in [3.63, 3.8) is 0 Å². The van der Waals surface area contributed by atoms with Crippen molar-refractivity contribution >= 4 is 0 Å². The normalized spacial score (nSPS) is 22.9. The lowest BCUT2D eigenvalue weighted by Crippen LogP contribution is -2.25. The largest absolute Gasteiger partial charge is 0.387 e. The molecule has 84 valence electrons. The summed E-state index contributed by atoms with van der Waals surface area (Å²) in [5.74, 6) is 0. The molecule has 1 rings (SSSR count). The van der Waals surface area contributed by atoms with Crippen molar-refractivity contribution in [1.29, 1.82) is 0 Å². The van der Waals surface area contributed by atoms with Crippen LogP contribution in [0.2, 0.25) is 0 Å². The lowest BCUT2D eigenvalue weighted by atomic mass is 9.96. The fourth-order valence-electron chi connectivity index (χ4n) is 1.64. The van der Waals surface area contributed by atoms with Crippen LogP contribution in [0.15, 0.2) is 72.5 Å². The first-order valence-electron chi connectivity index (χ1n) is 5.22. The maximum Gasteiger partial charge on any atom is 0.0505 e. The molecule has 0 radical (unpaired) electrons. The Kier molecular flexibility index (Phi) is 4.55. The van der Waals surface area contributed by atoms with E-state index < -0.39 is 0 Å². The lowest BCUT2D eigenvalue weighted by molar-refractivity contribution is 0.901. The average Bonchev–Trinajstić information content (AvgIpc) is 2.31. The Morgan fingerprint density at radius 3 is 2.69 bits per heavy atom. The molecule has 0 spiro atoms. The predicted molar refractivity (Wildman–Crippen MR) is 70.8 cm³/mol. The quantitative estimate of drug-likeness (QED) is 0.704. The van der Waals surface area contributed by atoms with Gasteiger partial charge in [0.05, 0.1) is 6.04 Å². The third-order valence-corrected chi connectivity index (χ3v) is 2.41. The summed E-state index contributed by atoms with van der Waals surface area (Å²) in [4.78, 5) is 0. The zero-order valence-electron chi connectivity index (χ0n) is 9.61. The first-order chi connectivity index (χ1) is 7.74. The molecule has 0 aliphatic heterocycles. The highest BCUT2D eigenvalue weighted by Crippen LogP contribution is 2.19. The average molecular weight is 214 g/mol. The van der Waals surface area contributed by atoms with E-state index in [9.17, 15) is 0 Å². The fraction of sp³-hybridized carbons (Fsp3) is 0.143. The van der Waals surface area contributed by atoms with Gasteiger partial charge in [0.25, 0.3) is 0 Å². The van der Waals surface area contributed by atoms with E-state index in [-0.39, 0.29) is 6.04 Å². The third kappa shape index (κ3) is 2.61. The van der Waals surface area contributed by atoms with Crippen molar-refractivity contribution in [2.75, 3.05) is 7.05 Å². The number of nitrogens with two attached hydrogens (primary N) is 1. The van der Waals surface area contributed by atoms with Crippen LogP contribution >= 0.6 is 0 Å². The van der Waals surface area contributed by atoms with E-state index in [0.29, 0.717) is 0 Å². The first kappa shape index (κ1) is 12.3. The molecule has 0 saturated carbocycles.